The van der Waals surface area contributed by atoms with Crippen LogP contribution in [-0.2, 0) is 0 Å². The van der Waals surface area contributed by atoms with E-state index in [4.69, 9.17) is 11.6 Å². The molecule has 98 valence electrons. The minimum Gasteiger partial charge on any atom is -0.320 e. The van der Waals surface area contributed by atoms with E-state index >= 15 is 0 Å². The molecule has 2 nitrogen and oxygen atoms in total. The molecule has 0 heterocycles. The SMILES string of the molecule is O=C(Nc1c(Br)cc(Cl)cc1Br)c1cccc(I)c1. The number of rotatable bonds is 2. The maximum Gasteiger partial charge on any atom is 0.255 e. The first-order chi connectivity index (χ1) is 8.97. The number of anilines is 1. The summed E-state index contributed by atoms with van der Waals surface area (Å²) >= 11 is 14.9. The molecule has 2 aromatic rings. The van der Waals surface area contributed by atoms with E-state index in [1.807, 2.05) is 18.2 Å². The first-order valence-electron chi connectivity index (χ1n) is 5.19. The maximum atomic E-state index is 12.2. The number of halogens is 4. The molecule has 2 aromatic carbocycles. The summed E-state index contributed by atoms with van der Waals surface area (Å²) in [5.41, 5.74) is 1.27. The van der Waals surface area contributed by atoms with Crippen molar-refractivity contribution in [2.45, 2.75) is 0 Å². The summed E-state index contributed by atoms with van der Waals surface area (Å²) < 4.78 is 2.47. The molecule has 0 unspecified atom stereocenters. The Labute approximate surface area is 146 Å². The molecule has 0 saturated carbocycles. The van der Waals surface area contributed by atoms with Crippen LogP contribution < -0.4 is 5.32 Å². The van der Waals surface area contributed by atoms with Crippen molar-refractivity contribution < 1.29 is 4.79 Å². The molecule has 0 aliphatic carbocycles. The van der Waals surface area contributed by atoms with Gasteiger partial charge >= 0.3 is 0 Å². The van der Waals surface area contributed by atoms with Crippen molar-refractivity contribution in [2.75, 3.05) is 5.32 Å². The molecule has 0 saturated heterocycles. The van der Waals surface area contributed by atoms with Crippen molar-refractivity contribution in [3.05, 3.63) is 59.5 Å². The Kier molecular flexibility index (Phi) is 5.28. The highest BCUT2D eigenvalue weighted by atomic mass is 127. The second kappa shape index (κ2) is 6.56. The van der Waals surface area contributed by atoms with Gasteiger partial charge in [0.1, 0.15) is 0 Å². The number of nitrogens with one attached hydrogen (secondary N) is 1. The Morgan fingerprint density at radius 3 is 2.37 bits per heavy atom. The third-order valence-corrected chi connectivity index (χ3v) is 4.47. The molecular weight excluding hydrogens is 508 g/mol. The van der Waals surface area contributed by atoms with Gasteiger partial charge in [0.05, 0.1) is 5.69 Å². The van der Waals surface area contributed by atoms with E-state index in [1.54, 1.807) is 18.2 Å². The molecule has 19 heavy (non-hydrogen) atoms. The highest BCUT2D eigenvalue weighted by molar-refractivity contribution is 14.1. The molecule has 1 N–H and O–H groups in total. The fourth-order valence-electron chi connectivity index (χ4n) is 1.48. The number of carbonyl (C=O) groups is 1. The molecule has 0 spiro atoms. The number of carbonyl (C=O) groups excluding carboxylic acids is 1. The van der Waals surface area contributed by atoms with Gasteiger partial charge in [-0.2, -0.15) is 0 Å². The van der Waals surface area contributed by atoms with Crippen LogP contribution in [0.25, 0.3) is 0 Å². The third-order valence-electron chi connectivity index (χ3n) is 2.33. The van der Waals surface area contributed by atoms with Gasteiger partial charge < -0.3 is 5.32 Å². The largest absolute Gasteiger partial charge is 0.320 e. The van der Waals surface area contributed by atoms with Crippen LogP contribution in [0.15, 0.2) is 45.3 Å². The van der Waals surface area contributed by atoms with Crippen LogP contribution in [0.3, 0.4) is 0 Å². The van der Waals surface area contributed by atoms with Crippen molar-refractivity contribution in [3.8, 4) is 0 Å². The number of hydrogen-bond donors (Lipinski definition) is 1. The zero-order valence-corrected chi connectivity index (χ0v) is 15.5. The van der Waals surface area contributed by atoms with E-state index < -0.39 is 0 Å². The summed E-state index contributed by atoms with van der Waals surface area (Å²) in [6.07, 6.45) is 0. The van der Waals surface area contributed by atoms with Gasteiger partial charge in [-0.3, -0.25) is 4.79 Å². The molecule has 0 aromatic heterocycles. The molecular formula is C13H7Br2ClINO. The predicted molar refractivity (Wildman–Crippen MR) is 94.0 cm³/mol. The second-order valence-corrected chi connectivity index (χ2v) is 7.10. The van der Waals surface area contributed by atoms with E-state index in [0.29, 0.717) is 16.3 Å². The number of hydrogen-bond acceptors (Lipinski definition) is 1. The summed E-state index contributed by atoms with van der Waals surface area (Å²) in [7, 11) is 0. The van der Waals surface area contributed by atoms with Gasteiger partial charge in [-0.25, -0.2) is 0 Å². The molecule has 2 rings (SSSR count). The zero-order valence-electron chi connectivity index (χ0n) is 9.38. The van der Waals surface area contributed by atoms with E-state index in [2.05, 4.69) is 59.8 Å². The van der Waals surface area contributed by atoms with Crippen LogP contribution in [-0.4, -0.2) is 5.91 Å². The Morgan fingerprint density at radius 1 is 1.16 bits per heavy atom. The molecule has 0 atom stereocenters. The van der Waals surface area contributed by atoms with E-state index in [-0.39, 0.29) is 5.91 Å². The molecule has 0 aliphatic rings. The number of benzene rings is 2. The average Bonchev–Trinajstić information content (AvgIpc) is 2.33. The van der Waals surface area contributed by atoms with E-state index in [9.17, 15) is 4.79 Å². The maximum absolute atomic E-state index is 12.2. The minimum atomic E-state index is -0.165. The van der Waals surface area contributed by atoms with Crippen LogP contribution in [0.4, 0.5) is 5.69 Å². The van der Waals surface area contributed by atoms with Crippen LogP contribution in [0.1, 0.15) is 10.4 Å². The monoisotopic (exact) mass is 513 g/mol. The second-order valence-electron chi connectivity index (χ2n) is 3.71. The first kappa shape index (κ1) is 15.3. The average molecular weight is 515 g/mol. The molecule has 0 bridgehead atoms. The van der Waals surface area contributed by atoms with Gasteiger partial charge in [0.25, 0.3) is 5.91 Å². The number of amides is 1. The van der Waals surface area contributed by atoms with Crippen molar-refractivity contribution in [2.24, 2.45) is 0 Å². The Balaban J connectivity index is 2.29. The molecule has 0 fully saturated rings. The standard InChI is InChI=1S/C13H7Br2ClINO/c14-10-5-8(16)6-11(15)12(10)18-13(19)7-2-1-3-9(17)4-7/h1-6H,(H,18,19). The topological polar surface area (TPSA) is 29.1 Å². The molecule has 0 radical (unpaired) electrons. The van der Waals surface area contributed by atoms with Crippen LogP contribution >= 0.6 is 66.1 Å². The van der Waals surface area contributed by atoms with Gasteiger partial charge in [0.2, 0.25) is 0 Å². The van der Waals surface area contributed by atoms with Gasteiger partial charge in [0, 0.05) is 23.1 Å². The Hall–Kier alpha value is -0.110. The fourth-order valence-corrected chi connectivity index (χ4v) is 3.89. The van der Waals surface area contributed by atoms with Gasteiger partial charge in [-0.05, 0) is 84.8 Å². The molecule has 1 amide bonds. The highest BCUT2D eigenvalue weighted by Crippen LogP contribution is 2.34. The minimum absolute atomic E-state index is 0.165. The highest BCUT2D eigenvalue weighted by Gasteiger charge is 2.12. The smallest absolute Gasteiger partial charge is 0.255 e. The molecule has 6 heteroatoms. The fraction of sp³-hybridized carbons (Fsp3) is 0. The normalized spacial score (nSPS) is 10.3. The summed E-state index contributed by atoms with van der Waals surface area (Å²) in [5.74, 6) is -0.165. The lowest BCUT2D eigenvalue weighted by molar-refractivity contribution is 0.102. The third kappa shape index (κ3) is 3.93. The summed E-state index contributed by atoms with van der Waals surface area (Å²) in [6, 6.07) is 10.9. The van der Waals surface area contributed by atoms with Crippen molar-refractivity contribution in [3.63, 3.8) is 0 Å². The van der Waals surface area contributed by atoms with Crippen LogP contribution in [0.2, 0.25) is 5.02 Å². The predicted octanol–water partition coefficient (Wildman–Crippen LogP) is 5.72. The van der Waals surface area contributed by atoms with E-state index in [1.165, 1.54) is 0 Å². The zero-order chi connectivity index (χ0) is 14.0. The van der Waals surface area contributed by atoms with Crippen molar-refractivity contribution in [1.82, 2.24) is 0 Å². The van der Waals surface area contributed by atoms with Gasteiger partial charge in [-0.15, -0.1) is 0 Å². The quantitative estimate of drug-likeness (QED) is 0.510. The van der Waals surface area contributed by atoms with Crippen molar-refractivity contribution in [1.29, 1.82) is 0 Å². The first-order valence-corrected chi connectivity index (χ1v) is 8.23. The van der Waals surface area contributed by atoms with Crippen LogP contribution in [0, 0.1) is 3.57 Å². The summed E-state index contributed by atoms with van der Waals surface area (Å²) in [4.78, 5) is 12.2. The van der Waals surface area contributed by atoms with Crippen LogP contribution in [0.5, 0.6) is 0 Å². The molecule has 0 aliphatic heterocycles. The lowest BCUT2D eigenvalue weighted by atomic mass is 10.2. The van der Waals surface area contributed by atoms with E-state index in [0.717, 1.165) is 12.5 Å². The Bertz CT molecular complexity index is 625. The summed E-state index contributed by atoms with van der Waals surface area (Å²) in [6.45, 7) is 0. The summed E-state index contributed by atoms with van der Waals surface area (Å²) in [5, 5.41) is 3.44. The van der Waals surface area contributed by atoms with Crippen molar-refractivity contribution >= 4 is 77.6 Å². The van der Waals surface area contributed by atoms with Gasteiger partial charge in [-0.1, -0.05) is 17.7 Å². The van der Waals surface area contributed by atoms with Gasteiger partial charge in [0.15, 0.2) is 0 Å². The Morgan fingerprint density at radius 2 is 1.79 bits per heavy atom. The lowest BCUT2D eigenvalue weighted by Crippen LogP contribution is -2.12. The lowest BCUT2D eigenvalue weighted by Gasteiger charge is -2.10.